The summed E-state index contributed by atoms with van der Waals surface area (Å²) >= 11 is 0. The van der Waals surface area contributed by atoms with Crippen molar-refractivity contribution < 1.29 is 9.90 Å². The van der Waals surface area contributed by atoms with E-state index in [0.29, 0.717) is 5.70 Å². The molecular formula is C4H7NO2. The third-order valence-electron chi connectivity index (χ3n) is 0.320. The van der Waals surface area contributed by atoms with Gasteiger partial charge < -0.3 is 5.11 Å². The summed E-state index contributed by atoms with van der Waals surface area (Å²) in [4.78, 5) is 9.64. The molecule has 0 aromatic carbocycles. The Morgan fingerprint density at radius 2 is 2.29 bits per heavy atom. The summed E-state index contributed by atoms with van der Waals surface area (Å²) in [5.41, 5.74) is 0.438. The van der Waals surface area contributed by atoms with Crippen molar-refractivity contribution in [2.75, 3.05) is 0 Å². The molecular weight excluding hydrogens is 94.0 g/mol. The minimum atomic E-state index is -1.06. The molecule has 0 bridgehead atoms. The highest BCUT2D eigenvalue weighted by atomic mass is 16.4. The van der Waals surface area contributed by atoms with Crippen molar-refractivity contribution in [3.8, 4) is 0 Å². The zero-order valence-electron chi connectivity index (χ0n) is 4.06. The molecule has 0 aliphatic rings. The van der Waals surface area contributed by atoms with E-state index in [9.17, 15) is 4.79 Å². The van der Waals surface area contributed by atoms with Crippen LogP contribution in [0, 0.1) is 0 Å². The van der Waals surface area contributed by atoms with Crippen molar-refractivity contribution >= 4 is 6.09 Å². The van der Waals surface area contributed by atoms with Gasteiger partial charge in [0.2, 0.25) is 0 Å². The lowest BCUT2D eigenvalue weighted by atomic mass is 10.6. The first kappa shape index (κ1) is 6.01. The molecule has 0 aliphatic carbocycles. The van der Waals surface area contributed by atoms with E-state index in [-0.39, 0.29) is 0 Å². The van der Waals surface area contributed by atoms with Crippen LogP contribution in [0.1, 0.15) is 6.92 Å². The average molecular weight is 101 g/mol. The second-order valence-electron chi connectivity index (χ2n) is 1.21. The van der Waals surface area contributed by atoms with E-state index in [1.165, 1.54) is 0 Å². The lowest BCUT2D eigenvalue weighted by Gasteiger charge is -1.92. The number of allylic oxidation sites excluding steroid dienone is 1. The molecule has 3 heteroatoms. The van der Waals surface area contributed by atoms with Crippen LogP contribution in [-0.2, 0) is 0 Å². The number of carbonyl (C=O) groups is 1. The van der Waals surface area contributed by atoms with E-state index >= 15 is 0 Å². The van der Waals surface area contributed by atoms with Crippen LogP contribution in [0.15, 0.2) is 12.3 Å². The van der Waals surface area contributed by atoms with E-state index in [1.807, 2.05) is 5.32 Å². The maximum Gasteiger partial charge on any atom is 0.408 e. The normalized spacial score (nSPS) is 7.57. The maximum atomic E-state index is 9.64. The summed E-state index contributed by atoms with van der Waals surface area (Å²) < 4.78 is 0. The molecule has 0 saturated carbocycles. The van der Waals surface area contributed by atoms with Crippen molar-refractivity contribution in [3.05, 3.63) is 12.3 Å². The van der Waals surface area contributed by atoms with Crippen molar-refractivity contribution in [2.24, 2.45) is 0 Å². The lowest BCUT2D eigenvalue weighted by molar-refractivity contribution is 0.197. The fourth-order valence-electron chi connectivity index (χ4n) is 0.183. The molecule has 0 heterocycles. The maximum absolute atomic E-state index is 9.64. The molecule has 0 spiro atoms. The highest BCUT2D eigenvalue weighted by Gasteiger charge is 1.88. The first-order chi connectivity index (χ1) is 3.13. The molecule has 0 fully saturated rings. The molecule has 40 valence electrons. The van der Waals surface area contributed by atoms with Gasteiger partial charge >= 0.3 is 6.09 Å². The van der Waals surface area contributed by atoms with Gasteiger partial charge in [-0.15, -0.1) is 0 Å². The quantitative estimate of drug-likeness (QED) is 0.513. The van der Waals surface area contributed by atoms with Crippen LogP contribution in [0.2, 0.25) is 0 Å². The fourth-order valence-corrected chi connectivity index (χ4v) is 0.183. The Morgan fingerprint density at radius 3 is 2.29 bits per heavy atom. The van der Waals surface area contributed by atoms with Gasteiger partial charge in [-0.25, -0.2) is 4.79 Å². The topological polar surface area (TPSA) is 49.3 Å². The Kier molecular flexibility index (Phi) is 1.91. The van der Waals surface area contributed by atoms with Crippen LogP contribution in [-0.4, -0.2) is 11.2 Å². The van der Waals surface area contributed by atoms with E-state index in [0.717, 1.165) is 0 Å². The third kappa shape index (κ3) is 5.01. The summed E-state index contributed by atoms with van der Waals surface area (Å²) in [5, 5.41) is 9.94. The van der Waals surface area contributed by atoms with Gasteiger partial charge in [-0.2, -0.15) is 0 Å². The molecule has 0 unspecified atom stereocenters. The Bertz CT molecular complexity index is 85.9. The monoisotopic (exact) mass is 101 g/mol. The standard InChI is InChI=1S/C4H7NO2/c1-3(2)5-4(6)7/h5H,1H2,2H3,(H,6,7). The Morgan fingerprint density at radius 1 is 1.86 bits per heavy atom. The van der Waals surface area contributed by atoms with Gasteiger partial charge in [-0.05, 0) is 6.92 Å². The smallest absolute Gasteiger partial charge is 0.408 e. The number of amides is 1. The summed E-state index contributed by atoms with van der Waals surface area (Å²) in [7, 11) is 0. The zero-order valence-corrected chi connectivity index (χ0v) is 4.06. The Hall–Kier alpha value is -0.990. The number of hydrogen-bond donors (Lipinski definition) is 2. The molecule has 0 aromatic heterocycles. The predicted molar refractivity (Wildman–Crippen MR) is 26.0 cm³/mol. The largest absolute Gasteiger partial charge is 0.465 e. The number of hydrogen-bond acceptors (Lipinski definition) is 1. The van der Waals surface area contributed by atoms with Gasteiger partial charge in [-0.1, -0.05) is 6.58 Å². The lowest BCUT2D eigenvalue weighted by Crippen LogP contribution is -2.16. The fraction of sp³-hybridized carbons (Fsp3) is 0.250. The first-order valence-electron chi connectivity index (χ1n) is 1.78. The number of carboxylic acid groups (broad SMARTS) is 1. The van der Waals surface area contributed by atoms with E-state index in [2.05, 4.69) is 6.58 Å². The van der Waals surface area contributed by atoms with Gasteiger partial charge in [-0.3, -0.25) is 5.32 Å². The third-order valence-corrected chi connectivity index (χ3v) is 0.320. The van der Waals surface area contributed by atoms with E-state index in [4.69, 9.17) is 5.11 Å². The van der Waals surface area contributed by atoms with Gasteiger partial charge in [0.25, 0.3) is 0 Å². The molecule has 7 heavy (non-hydrogen) atoms. The van der Waals surface area contributed by atoms with Crippen LogP contribution >= 0.6 is 0 Å². The highest BCUT2D eigenvalue weighted by Crippen LogP contribution is 1.74. The van der Waals surface area contributed by atoms with E-state index in [1.54, 1.807) is 6.92 Å². The minimum Gasteiger partial charge on any atom is -0.465 e. The summed E-state index contributed by atoms with van der Waals surface area (Å²) in [6.07, 6.45) is -1.06. The van der Waals surface area contributed by atoms with Crippen LogP contribution in [0.3, 0.4) is 0 Å². The zero-order chi connectivity index (χ0) is 5.86. The predicted octanol–water partition coefficient (Wildman–Crippen LogP) is 0.788. The molecule has 0 rings (SSSR count). The van der Waals surface area contributed by atoms with Crippen molar-refractivity contribution in [3.63, 3.8) is 0 Å². The van der Waals surface area contributed by atoms with Gasteiger partial charge in [0.15, 0.2) is 0 Å². The Balaban J connectivity index is 3.32. The second-order valence-corrected chi connectivity index (χ2v) is 1.21. The van der Waals surface area contributed by atoms with Crippen LogP contribution in [0.5, 0.6) is 0 Å². The summed E-state index contributed by atoms with van der Waals surface area (Å²) in [6.45, 7) is 4.88. The van der Waals surface area contributed by atoms with Crippen LogP contribution in [0.25, 0.3) is 0 Å². The molecule has 2 N–H and O–H groups in total. The van der Waals surface area contributed by atoms with Crippen LogP contribution in [0.4, 0.5) is 4.79 Å². The molecule has 0 aliphatic heterocycles. The summed E-state index contributed by atoms with van der Waals surface area (Å²) in [5.74, 6) is 0. The average Bonchev–Trinajstić information content (AvgIpc) is 1.27. The molecule has 0 aromatic rings. The van der Waals surface area contributed by atoms with E-state index < -0.39 is 6.09 Å². The molecule has 1 amide bonds. The van der Waals surface area contributed by atoms with Crippen molar-refractivity contribution in [1.82, 2.24) is 5.32 Å². The second kappa shape index (κ2) is 2.23. The Labute approximate surface area is 41.7 Å². The molecule has 0 atom stereocenters. The molecule has 0 saturated heterocycles. The van der Waals surface area contributed by atoms with Crippen molar-refractivity contribution in [1.29, 1.82) is 0 Å². The van der Waals surface area contributed by atoms with Gasteiger partial charge in [0.1, 0.15) is 0 Å². The van der Waals surface area contributed by atoms with Gasteiger partial charge in [0, 0.05) is 5.70 Å². The SMILES string of the molecule is C=C(C)NC(=O)O. The van der Waals surface area contributed by atoms with Gasteiger partial charge in [0.05, 0.1) is 0 Å². The van der Waals surface area contributed by atoms with Crippen LogP contribution < -0.4 is 5.32 Å². The molecule has 3 nitrogen and oxygen atoms in total. The minimum absolute atomic E-state index is 0.438. The number of rotatable bonds is 1. The summed E-state index contributed by atoms with van der Waals surface area (Å²) in [6, 6.07) is 0. The molecule has 0 radical (unpaired) electrons. The van der Waals surface area contributed by atoms with Crippen molar-refractivity contribution in [2.45, 2.75) is 6.92 Å². The highest BCUT2D eigenvalue weighted by molar-refractivity contribution is 5.66. The first-order valence-corrected chi connectivity index (χ1v) is 1.78. The number of nitrogens with one attached hydrogen (secondary N) is 1.